The molecule has 0 atom stereocenters. The highest BCUT2D eigenvalue weighted by Gasteiger charge is 2.33. The molecule has 2 aromatic rings. The average Bonchev–Trinajstić information content (AvgIpc) is 2.90. The molecule has 28 heavy (non-hydrogen) atoms. The van der Waals surface area contributed by atoms with Crippen molar-refractivity contribution in [3.05, 3.63) is 68.7 Å². The minimum absolute atomic E-state index is 0.0661. The molecular formula is C19H14FIN2O5. The van der Waals surface area contributed by atoms with E-state index < -0.39 is 30.3 Å². The molecule has 3 rings (SSSR count). The van der Waals surface area contributed by atoms with Gasteiger partial charge in [0, 0.05) is 5.56 Å². The first-order valence-corrected chi connectivity index (χ1v) is 9.15. The van der Waals surface area contributed by atoms with Crippen molar-refractivity contribution in [3.63, 3.8) is 0 Å². The van der Waals surface area contributed by atoms with E-state index in [1.807, 2.05) is 22.6 Å². The van der Waals surface area contributed by atoms with Crippen LogP contribution in [-0.2, 0) is 16.1 Å². The fourth-order valence-electron chi connectivity index (χ4n) is 2.54. The Balaban J connectivity index is 1.77. The summed E-state index contributed by atoms with van der Waals surface area (Å²) in [6.45, 7) is -0.635. The van der Waals surface area contributed by atoms with Gasteiger partial charge in [-0.05, 0) is 52.4 Å². The van der Waals surface area contributed by atoms with Gasteiger partial charge in [-0.15, -0.1) is 0 Å². The van der Waals surface area contributed by atoms with Crippen LogP contribution in [0.1, 0.15) is 11.1 Å². The second-order valence-electron chi connectivity index (χ2n) is 5.84. The first-order valence-electron chi connectivity index (χ1n) is 8.07. The summed E-state index contributed by atoms with van der Waals surface area (Å²) in [5.74, 6) is -1.74. The molecule has 7 nitrogen and oxygen atoms in total. The molecule has 0 aliphatic carbocycles. The summed E-state index contributed by atoms with van der Waals surface area (Å²) >= 11 is 1.98. The van der Waals surface area contributed by atoms with Crippen molar-refractivity contribution in [2.24, 2.45) is 0 Å². The van der Waals surface area contributed by atoms with Crippen molar-refractivity contribution in [2.45, 2.75) is 6.54 Å². The van der Waals surface area contributed by atoms with Crippen LogP contribution in [0, 0.1) is 9.39 Å². The van der Waals surface area contributed by atoms with Crippen molar-refractivity contribution >= 4 is 46.6 Å². The maximum absolute atomic E-state index is 13.8. The molecule has 1 aliphatic rings. The van der Waals surface area contributed by atoms with Crippen molar-refractivity contribution in [1.82, 2.24) is 10.2 Å². The number of urea groups is 1. The van der Waals surface area contributed by atoms with Gasteiger partial charge in [-0.25, -0.2) is 14.0 Å². The average molecular weight is 496 g/mol. The lowest BCUT2D eigenvalue weighted by Crippen LogP contribution is -2.30. The van der Waals surface area contributed by atoms with Crippen LogP contribution in [0.15, 0.2) is 48.2 Å². The predicted octanol–water partition coefficient (Wildman–Crippen LogP) is 2.99. The number of imide groups is 1. The third-order valence-electron chi connectivity index (χ3n) is 3.87. The molecule has 0 bridgehead atoms. The number of nitrogens with zero attached hydrogens (tertiary/aromatic N) is 1. The van der Waals surface area contributed by atoms with Crippen molar-refractivity contribution in [3.8, 4) is 5.75 Å². The molecule has 0 unspecified atom stereocenters. The largest absolute Gasteiger partial charge is 0.481 e. The molecule has 2 aromatic carbocycles. The zero-order valence-corrected chi connectivity index (χ0v) is 16.5. The number of aliphatic carboxylic acids is 1. The minimum Gasteiger partial charge on any atom is -0.481 e. The normalized spacial score (nSPS) is 15.1. The van der Waals surface area contributed by atoms with Gasteiger partial charge in [0.1, 0.15) is 17.3 Å². The quantitative estimate of drug-likeness (QED) is 0.365. The molecule has 144 valence electrons. The van der Waals surface area contributed by atoms with Gasteiger partial charge in [-0.2, -0.15) is 0 Å². The summed E-state index contributed by atoms with van der Waals surface area (Å²) in [7, 11) is 0. The second-order valence-corrected chi connectivity index (χ2v) is 7.01. The topological polar surface area (TPSA) is 95.9 Å². The first-order chi connectivity index (χ1) is 13.3. The number of carboxylic acid groups (broad SMARTS) is 1. The number of carbonyl (C=O) groups is 3. The van der Waals surface area contributed by atoms with Crippen LogP contribution < -0.4 is 10.1 Å². The Morgan fingerprint density at radius 2 is 2.00 bits per heavy atom. The molecule has 0 spiro atoms. The minimum atomic E-state index is -1.09. The summed E-state index contributed by atoms with van der Waals surface area (Å²) in [4.78, 5) is 36.2. The van der Waals surface area contributed by atoms with E-state index in [2.05, 4.69) is 5.32 Å². The lowest BCUT2D eigenvalue weighted by atomic mass is 10.1. The van der Waals surface area contributed by atoms with Crippen LogP contribution in [-0.4, -0.2) is 34.5 Å². The van der Waals surface area contributed by atoms with Crippen molar-refractivity contribution in [2.75, 3.05) is 6.61 Å². The third-order valence-corrected chi connectivity index (χ3v) is 4.71. The molecule has 0 radical (unpaired) electrons. The van der Waals surface area contributed by atoms with Gasteiger partial charge >= 0.3 is 12.0 Å². The summed E-state index contributed by atoms with van der Waals surface area (Å²) in [5, 5.41) is 11.1. The molecule has 9 heteroatoms. The number of carboxylic acids is 1. The highest BCUT2D eigenvalue weighted by Crippen LogP contribution is 2.24. The molecule has 2 N–H and O–H groups in total. The molecular weight excluding hydrogens is 482 g/mol. The summed E-state index contributed by atoms with van der Waals surface area (Å²) in [6.07, 6.45) is 1.49. The van der Waals surface area contributed by atoms with E-state index in [0.29, 0.717) is 14.9 Å². The van der Waals surface area contributed by atoms with Crippen molar-refractivity contribution in [1.29, 1.82) is 0 Å². The van der Waals surface area contributed by atoms with E-state index >= 15 is 0 Å². The Bertz CT molecular complexity index is 992. The summed E-state index contributed by atoms with van der Waals surface area (Å²) in [6, 6.07) is 10.2. The molecule has 1 saturated heterocycles. The van der Waals surface area contributed by atoms with E-state index in [1.54, 1.807) is 24.3 Å². The van der Waals surface area contributed by atoms with Gasteiger partial charge in [0.05, 0.1) is 10.1 Å². The smallest absolute Gasteiger partial charge is 0.341 e. The maximum atomic E-state index is 13.8. The molecule has 1 heterocycles. The molecule has 1 fully saturated rings. The number of amides is 3. The Morgan fingerprint density at radius 1 is 1.25 bits per heavy atom. The van der Waals surface area contributed by atoms with E-state index in [0.717, 1.165) is 4.90 Å². The predicted molar refractivity (Wildman–Crippen MR) is 106 cm³/mol. The lowest BCUT2D eigenvalue weighted by Gasteiger charge is -2.12. The summed E-state index contributed by atoms with van der Waals surface area (Å²) in [5.41, 5.74) is 0.918. The van der Waals surface area contributed by atoms with Crippen LogP contribution in [0.5, 0.6) is 5.75 Å². The molecule has 3 amide bonds. The van der Waals surface area contributed by atoms with Gasteiger partial charge in [0.2, 0.25) is 0 Å². The molecule has 0 aromatic heterocycles. The number of benzene rings is 2. The van der Waals surface area contributed by atoms with Crippen LogP contribution in [0.4, 0.5) is 9.18 Å². The van der Waals surface area contributed by atoms with E-state index in [1.165, 1.54) is 24.3 Å². The third kappa shape index (κ3) is 4.47. The number of hydrogen-bond acceptors (Lipinski definition) is 4. The number of nitrogens with one attached hydrogen (secondary N) is 1. The van der Waals surface area contributed by atoms with Crippen LogP contribution >= 0.6 is 22.6 Å². The number of rotatable bonds is 6. The number of halogens is 2. The van der Waals surface area contributed by atoms with Gasteiger partial charge in [0.25, 0.3) is 5.91 Å². The SMILES string of the molecule is O=C(O)COc1ccc(/C=C2/NC(=O)N(Cc3ccccc3F)C2=O)cc1I. The van der Waals surface area contributed by atoms with Crippen LogP contribution in [0.3, 0.4) is 0 Å². The van der Waals surface area contributed by atoms with Crippen molar-refractivity contribution < 1.29 is 28.6 Å². The number of carbonyl (C=O) groups excluding carboxylic acids is 2. The van der Waals surface area contributed by atoms with Gasteiger partial charge in [-0.1, -0.05) is 24.3 Å². The summed E-state index contributed by atoms with van der Waals surface area (Å²) < 4.78 is 19.6. The highest BCUT2D eigenvalue weighted by molar-refractivity contribution is 14.1. The number of hydrogen-bond donors (Lipinski definition) is 2. The monoisotopic (exact) mass is 496 g/mol. The Hall–Kier alpha value is -2.95. The van der Waals surface area contributed by atoms with Crippen LogP contribution in [0.25, 0.3) is 6.08 Å². The van der Waals surface area contributed by atoms with E-state index in [4.69, 9.17) is 9.84 Å². The maximum Gasteiger partial charge on any atom is 0.341 e. The lowest BCUT2D eigenvalue weighted by molar-refractivity contribution is -0.139. The highest BCUT2D eigenvalue weighted by atomic mass is 127. The van der Waals surface area contributed by atoms with E-state index in [9.17, 15) is 18.8 Å². The Labute approximate surface area is 172 Å². The second kappa shape index (κ2) is 8.38. The molecule has 0 saturated carbocycles. The van der Waals surface area contributed by atoms with E-state index in [-0.39, 0.29) is 17.8 Å². The Kier molecular flexibility index (Phi) is 5.93. The van der Waals surface area contributed by atoms with Gasteiger partial charge in [-0.3, -0.25) is 9.69 Å². The fraction of sp³-hybridized carbons (Fsp3) is 0.105. The standard InChI is InChI=1S/C19H14FIN2O5/c20-13-4-2-1-3-12(13)9-23-18(26)15(22-19(23)27)8-11-5-6-16(14(21)7-11)28-10-17(24)25/h1-8H,9-10H2,(H,22,27)(H,24,25)/b15-8+. The fourth-order valence-corrected chi connectivity index (χ4v) is 3.24. The van der Waals surface area contributed by atoms with Gasteiger partial charge < -0.3 is 15.2 Å². The zero-order chi connectivity index (χ0) is 20.3. The first kappa shape index (κ1) is 19.8. The molecule has 1 aliphatic heterocycles. The zero-order valence-electron chi connectivity index (χ0n) is 14.3. The number of ether oxygens (including phenoxy) is 1. The van der Waals surface area contributed by atoms with Gasteiger partial charge in [0.15, 0.2) is 6.61 Å². The Morgan fingerprint density at radius 3 is 2.68 bits per heavy atom. The van der Waals surface area contributed by atoms with Crippen LogP contribution in [0.2, 0.25) is 0 Å².